The van der Waals surface area contributed by atoms with Crippen molar-refractivity contribution < 1.29 is 13.2 Å². The molecule has 0 nitrogen and oxygen atoms in total. The molecule has 88 valence electrons. The van der Waals surface area contributed by atoms with E-state index in [4.69, 9.17) is 0 Å². The molecule has 0 aliphatic rings. The van der Waals surface area contributed by atoms with E-state index in [9.17, 15) is 13.2 Å². The van der Waals surface area contributed by atoms with Gasteiger partial charge in [0.15, 0.2) is 0 Å². The van der Waals surface area contributed by atoms with Gasteiger partial charge in [0.05, 0.1) is 5.56 Å². The molecule has 0 aliphatic carbocycles. The van der Waals surface area contributed by atoms with Gasteiger partial charge in [-0.05, 0) is 36.8 Å². The molecule has 2 aromatic rings. The van der Waals surface area contributed by atoms with Crippen molar-refractivity contribution >= 4 is 15.9 Å². The highest BCUT2D eigenvalue weighted by Gasteiger charge is 2.18. The second kappa shape index (κ2) is 4.53. The van der Waals surface area contributed by atoms with Crippen LogP contribution in [0.4, 0.5) is 13.2 Å². The second-order valence-electron chi connectivity index (χ2n) is 3.70. The largest absolute Gasteiger partial charge is 0.206 e. The maximum absolute atomic E-state index is 13.7. The molecule has 0 N–H and O–H groups in total. The molecular weight excluding hydrogens is 293 g/mol. The first-order valence-electron chi connectivity index (χ1n) is 4.90. The topological polar surface area (TPSA) is 0 Å². The van der Waals surface area contributed by atoms with Crippen molar-refractivity contribution in [3.63, 3.8) is 0 Å². The Hall–Kier alpha value is -1.29. The smallest absolute Gasteiger partial charge is 0.134 e. The highest BCUT2D eigenvalue weighted by atomic mass is 79.9. The van der Waals surface area contributed by atoms with Gasteiger partial charge < -0.3 is 0 Å². The first-order valence-corrected chi connectivity index (χ1v) is 5.70. The van der Waals surface area contributed by atoms with Crippen LogP contribution in [0.15, 0.2) is 34.8 Å². The predicted octanol–water partition coefficient (Wildman–Crippen LogP) is 4.84. The number of hydrogen-bond donors (Lipinski definition) is 0. The molecule has 2 rings (SSSR count). The minimum Gasteiger partial charge on any atom is -0.206 e. The molecule has 0 amide bonds. The van der Waals surface area contributed by atoms with Gasteiger partial charge >= 0.3 is 0 Å². The molecule has 0 fully saturated rings. The second-order valence-corrected chi connectivity index (χ2v) is 4.55. The summed E-state index contributed by atoms with van der Waals surface area (Å²) >= 11 is 3.10. The van der Waals surface area contributed by atoms with Gasteiger partial charge in [-0.25, -0.2) is 13.2 Å². The first kappa shape index (κ1) is 12.2. The summed E-state index contributed by atoms with van der Waals surface area (Å²) in [6.07, 6.45) is 0. The average Bonchev–Trinajstić information content (AvgIpc) is 2.21. The summed E-state index contributed by atoms with van der Waals surface area (Å²) in [4.78, 5) is 0. The average molecular weight is 301 g/mol. The van der Waals surface area contributed by atoms with Crippen LogP contribution < -0.4 is 0 Å². The predicted molar refractivity (Wildman–Crippen MR) is 64.2 cm³/mol. The minimum atomic E-state index is -0.770. The monoisotopic (exact) mass is 300 g/mol. The molecule has 0 aliphatic heterocycles. The lowest BCUT2D eigenvalue weighted by Crippen LogP contribution is -1.95. The SMILES string of the molecule is Cc1cc(F)c(-c2c(F)cccc2Br)c(F)c1. The van der Waals surface area contributed by atoms with Gasteiger partial charge in [0, 0.05) is 10.0 Å². The van der Waals surface area contributed by atoms with Crippen LogP contribution in [0.5, 0.6) is 0 Å². The number of hydrogen-bond acceptors (Lipinski definition) is 0. The van der Waals surface area contributed by atoms with E-state index in [1.54, 1.807) is 6.92 Å². The van der Waals surface area contributed by atoms with Crippen LogP contribution in [-0.4, -0.2) is 0 Å². The first-order chi connectivity index (χ1) is 8.00. The van der Waals surface area contributed by atoms with E-state index in [-0.39, 0.29) is 11.1 Å². The van der Waals surface area contributed by atoms with Gasteiger partial charge in [0.2, 0.25) is 0 Å². The quantitative estimate of drug-likeness (QED) is 0.707. The molecule has 4 heteroatoms. The van der Waals surface area contributed by atoms with Crippen molar-refractivity contribution in [1.82, 2.24) is 0 Å². The maximum atomic E-state index is 13.7. The Morgan fingerprint density at radius 3 is 2.00 bits per heavy atom. The molecule has 0 heterocycles. The van der Waals surface area contributed by atoms with Crippen molar-refractivity contribution in [3.05, 3.63) is 57.8 Å². The summed E-state index contributed by atoms with van der Waals surface area (Å²) < 4.78 is 41.4. The fraction of sp³-hybridized carbons (Fsp3) is 0.0769. The van der Waals surface area contributed by atoms with E-state index < -0.39 is 17.5 Å². The number of benzene rings is 2. The highest BCUT2D eigenvalue weighted by molar-refractivity contribution is 9.10. The fourth-order valence-electron chi connectivity index (χ4n) is 1.68. The van der Waals surface area contributed by atoms with Crippen LogP contribution >= 0.6 is 15.9 Å². The molecule has 17 heavy (non-hydrogen) atoms. The van der Waals surface area contributed by atoms with Crippen LogP contribution in [0.3, 0.4) is 0 Å². The van der Waals surface area contributed by atoms with Gasteiger partial charge in [-0.2, -0.15) is 0 Å². The van der Waals surface area contributed by atoms with E-state index in [1.165, 1.54) is 30.3 Å². The van der Waals surface area contributed by atoms with Crippen LogP contribution in [-0.2, 0) is 0 Å². The van der Waals surface area contributed by atoms with Crippen molar-refractivity contribution in [1.29, 1.82) is 0 Å². The molecule has 0 aromatic heterocycles. The van der Waals surface area contributed by atoms with E-state index in [0.29, 0.717) is 10.0 Å². The molecule has 0 radical (unpaired) electrons. The van der Waals surface area contributed by atoms with E-state index >= 15 is 0 Å². The van der Waals surface area contributed by atoms with E-state index in [1.807, 2.05) is 0 Å². The van der Waals surface area contributed by atoms with Crippen molar-refractivity contribution in [3.8, 4) is 11.1 Å². The molecule has 0 unspecified atom stereocenters. The summed E-state index contributed by atoms with van der Waals surface area (Å²) in [5, 5.41) is 0. The molecular formula is C13H8BrF3. The lowest BCUT2D eigenvalue weighted by Gasteiger charge is -2.09. The van der Waals surface area contributed by atoms with Gasteiger partial charge in [-0.1, -0.05) is 22.0 Å². The minimum absolute atomic E-state index is 0.0949. The number of aryl methyl sites for hydroxylation is 1. The fourth-order valence-corrected chi connectivity index (χ4v) is 2.22. The van der Waals surface area contributed by atoms with Crippen LogP contribution in [0.2, 0.25) is 0 Å². The van der Waals surface area contributed by atoms with Crippen molar-refractivity contribution in [2.75, 3.05) is 0 Å². The Labute approximate surface area is 105 Å². The summed E-state index contributed by atoms with van der Waals surface area (Å²) in [5.74, 6) is -2.21. The Kier molecular flexibility index (Phi) is 3.24. The zero-order chi connectivity index (χ0) is 12.6. The highest BCUT2D eigenvalue weighted by Crippen LogP contribution is 2.34. The van der Waals surface area contributed by atoms with Crippen LogP contribution in [0, 0.1) is 24.4 Å². The number of rotatable bonds is 1. The summed E-state index contributed by atoms with van der Waals surface area (Å²) in [6.45, 7) is 1.58. The molecule has 0 saturated heterocycles. The zero-order valence-electron chi connectivity index (χ0n) is 8.90. The molecule has 0 saturated carbocycles. The molecule has 0 bridgehead atoms. The van der Waals surface area contributed by atoms with Crippen molar-refractivity contribution in [2.24, 2.45) is 0 Å². The summed E-state index contributed by atoms with van der Waals surface area (Å²) in [5.41, 5.74) is 0.0132. The van der Waals surface area contributed by atoms with Crippen molar-refractivity contribution in [2.45, 2.75) is 6.92 Å². The maximum Gasteiger partial charge on any atom is 0.134 e. The zero-order valence-corrected chi connectivity index (χ0v) is 10.5. The van der Waals surface area contributed by atoms with Gasteiger partial charge in [-0.15, -0.1) is 0 Å². The van der Waals surface area contributed by atoms with Gasteiger partial charge in [0.1, 0.15) is 17.5 Å². The van der Waals surface area contributed by atoms with Crippen LogP contribution in [0.25, 0.3) is 11.1 Å². The van der Waals surface area contributed by atoms with E-state index in [2.05, 4.69) is 15.9 Å². The Morgan fingerprint density at radius 2 is 1.47 bits per heavy atom. The number of halogens is 4. The van der Waals surface area contributed by atoms with Gasteiger partial charge in [-0.3, -0.25) is 0 Å². The Morgan fingerprint density at radius 1 is 0.882 bits per heavy atom. The third-order valence-corrected chi connectivity index (χ3v) is 3.06. The third-order valence-electron chi connectivity index (χ3n) is 2.40. The normalized spacial score (nSPS) is 10.6. The van der Waals surface area contributed by atoms with Gasteiger partial charge in [0.25, 0.3) is 0 Å². The van der Waals surface area contributed by atoms with E-state index in [0.717, 1.165) is 0 Å². The molecule has 0 atom stereocenters. The summed E-state index contributed by atoms with van der Waals surface area (Å²) in [7, 11) is 0. The Balaban J connectivity index is 2.77. The van der Waals surface area contributed by atoms with Crippen LogP contribution in [0.1, 0.15) is 5.56 Å². The Bertz CT molecular complexity index is 536. The third kappa shape index (κ3) is 2.22. The summed E-state index contributed by atoms with van der Waals surface area (Å²) in [6, 6.07) is 6.53. The lowest BCUT2D eigenvalue weighted by molar-refractivity contribution is 0.580. The molecule has 2 aromatic carbocycles. The molecule has 0 spiro atoms. The lowest BCUT2D eigenvalue weighted by atomic mass is 10.0. The standard InChI is InChI=1S/C13H8BrF3/c1-7-5-10(16)13(11(17)6-7)12-8(14)3-2-4-9(12)15/h2-6H,1H3.